The van der Waals surface area contributed by atoms with Gasteiger partial charge in [-0.2, -0.15) is 0 Å². The van der Waals surface area contributed by atoms with E-state index in [2.05, 4.69) is 0 Å². The van der Waals surface area contributed by atoms with Gasteiger partial charge < -0.3 is 4.90 Å². The summed E-state index contributed by atoms with van der Waals surface area (Å²) in [7, 11) is -3.08. The molecule has 0 N–H and O–H groups in total. The predicted molar refractivity (Wildman–Crippen MR) is 81.9 cm³/mol. The second kappa shape index (κ2) is 5.99. The SMILES string of the molecule is O=C(c1ccccc1F)N(C1CCCC1)[C@H]1CCS(=O)(=O)C1. The van der Waals surface area contributed by atoms with E-state index in [-0.39, 0.29) is 35.1 Å². The molecule has 0 bridgehead atoms. The average Bonchev–Trinajstić information content (AvgIpc) is 3.10. The van der Waals surface area contributed by atoms with Gasteiger partial charge in [0.1, 0.15) is 5.82 Å². The van der Waals surface area contributed by atoms with Crippen LogP contribution in [-0.2, 0) is 9.84 Å². The lowest BCUT2D eigenvalue weighted by Gasteiger charge is -2.34. The van der Waals surface area contributed by atoms with Crippen LogP contribution in [-0.4, -0.2) is 42.8 Å². The summed E-state index contributed by atoms with van der Waals surface area (Å²) in [5.41, 5.74) is 0.0405. The average molecular weight is 325 g/mol. The molecule has 3 rings (SSSR count). The van der Waals surface area contributed by atoms with Gasteiger partial charge in [-0.05, 0) is 31.4 Å². The fraction of sp³-hybridized carbons (Fsp3) is 0.562. The van der Waals surface area contributed by atoms with Crippen molar-refractivity contribution >= 4 is 15.7 Å². The van der Waals surface area contributed by atoms with Crippen molar-refractivity contribution in [1.82, 2.24) is 4.90 Å². The molecule has 1 saturated carbocycles. The molecule has 6 heteroatoms. The minimum Gasteiger partial charge on any atom is -0.332 e. The van der Waals surface area contributed by atoms with Crippen LogP contribution in [0.5, 0.6) is 0 Å². The van der Waals surface area contributed by atoms with E-state index in [0.29, 0.717) is 6.42 Å². The van der Waals surface area contributed by atoms with E-state index in [9.17, 15) is 17.6 Å². The Labute approximate surface area is 130 Å². The molecule has 0 spiro atoms. The largest absolute Gasteiger partial charge is 0.332 e. The summed E-state index contributed by atoms with van der Waals surface area (Å²) in [4.78, 5) is 14.5. The van der Waals surface area contributed by atoms with Crippen LogP contribution in [0.3, 0.4) is 0 Å². The summed E-state index contributed by atoms with van der Waals surface area (Å²) < 4.78 is 37.5. The first-order valence-electron chi connectivity index (χ1n) is 7.75. The molecule has 22 heavy (non-hydrogen) atoms. The zero-order valence-corrected chi connectivity index (χ0v) is 13.2. The lowest BCUT2D eigenvalue weighted by Crippen LogP contribution is -2.47. The number of hydrogen-bond acceptors (Lipinski definition) is 3. The highest BCUT2D eigenvalue weighted by Gasteiger charge is 2.39. The molecule has 1 atom stereocenters. The summed E-state index contributed by atoms with van der Waals surface area (Å²) in [6.07, 6.45) is 4.27. The van der Waals surface area contributed by atoms with Crippen molar-refractivity contribution in [3.8, 4) is 0 Å². The van der Waals surface area contributed by atoms with Gasteiger partial charge in [0.15, 0.2) is 9.84 Å². The van der Waals surface area contributed by atoms with E-state index >= 15 is 0 Å². The quantitative estimate of drug-likeness (QED) is 0.857. The molecule has 2 fully saturated rings. The molecule has 1 aliphatic carbocycles. The van der Waals surface area contributed by atoms with Gasteiger partial charge in [0.25, 0.3) is 5.91 Å². The van der Waals surface area contributed by atoms with E-state index in [4.69, 9.17) is 0 Å². The Kier molecular flexibility index (Phi) is 4.21. The molecule has 0 radical (unpaired) electrons. The van der Waals surface area contributed by atoms with Gasteiger partial charge in [0, 0.05) is 12.1 Å². The number of carbonyl (C=O) groups excluding carboxylic acids is 1. The third kappa shape index (κ3) is 3.02. The van der Waals surface area contributed by atoms with Crippen LogP contribution in [0.1, 0.15) is 42.5 Å². The molecule has 1 heterocycles. The number of sulfone groups is 1. The Balaban J connectivity index is 1.92. The summed E-state index contributed by atoms with van der Waals surface area (Å²) in [6, 6.07) is 5.64. The summed E-state index contributed by atoms with van der Waals surface area (Å²) in [5, 5.41) is 0. The highest BCUT2D eigenvalue weighted by Crippen LogP contribution is 2.30. The van der Waals surface area contributed by atoms with Crippen LogP contribution in [0.4, 0.5) is 4.39 Å². The Hall–Kier alpha value is -1.43. The van der Waals surface area contributed by atoms with Gasteiger partial charge >= 0.3 is 0 Å². The monoisotopic (exact) mass is 325 g/mol. The van der Waals surface area contributed by atoms with Crippen molar-refractivity contribution in [2.75, 3.05) is 11.5 Å². The van der Waals surface area contributed by atoms with Crippen molar-refractivity contribution in [2.24, 2.45) is 0 Å². The topological polar surface area (TPSA) is 54.5 Å². The number of carbonyl (C=O) groups is 1. The Morgan fingerprint density at radius 2 is 1.77 bits per heavy atom. The molecule has 0 unspecified atom stereocenters. The van der Waals surface area contributed by atoms with Crippen LogP contribution >= 0.6 is 0 Å². The fourth-order valence-corrected chi connectivity index (χ4v) is 5.29. The summed E-state index contributed by atoms with van der Waals surface area (Å²) in [6.45, 7) is 0. The maximum Gasteiger partial charge on any atom is 0.257 e. The van der Waals surface area contributed by atoms with Gasteiger partial charge in [-0.15, -0.1) is 0 Å². The van der Waals surface area contributed by atoms with Crippen molar-refractivity contribution in [3.05, 3.63) is 35.6 Å². The van der Waals surface area contributed by atoms with Gasteiger partial charge in [-0.3, -0.25) is 4.79 Å². The highest BCUT2D eigenvalue weighted by molar-refractivity contribution is 7.91. The molecule has 0 aromatic heterocycles. The highest BCUT2D eigenvalue weighted by atomic mass is 32.2. The second-order valence-corrected chi connectivity index (χ2v) is 8.42. The minimum atomic E-state index is -3.08. The van der Waals surface area contributed by atoms with Crippen molar-refractivity contribution in [1.29, 1.82) is 0 Å². The molecule has 2 aliphatic rings. The maximum absolute atomic E-state index is 14.0. The van der Waals surface area contributed by atoms with E-state index in [1.165, 1.54) is 12.1 Å². The third-order valence-electron chi connectivity index (χ3n) is 4.66. The van der Waals surface area contributed by atoms with Crippen LogP contribution in [0.2, 0.25) is 0 Å². The summed E-state index contributed by atoms with van der Waals surface area (Å²) in [5.74, 6) is -0.793. The van der Waals surface area contributed by atoms with Crippen LogP contribution in [0.25, 0.3) is 0 Å². The van der Waals surface area contributed by atoms with Gasteiger partial charge in [0.05, 0.1) is 17.1 Å². The molecule has 1 aliphatic heterocycles. The number of nitrogens with zero attached hydrogens (tertiary/aromatic N) is 1. The molecule has 4 nitrogen and oxygen atoms in total. The van der Waals surface area contributed by atoms with Crippen molar-refractivity contribution in [2.45, 2.75) is 44.2 Å². The van der Waals surface area contributed by atoms with Crippen molar-refractivity contribution in [3.63, 3.8) is 0 Å². The predicted octanol–water partition coefficient (Wildman–Crippen LogP) is 2.40. The smallest absolute Gasteiger partial charge is 0.257 e. The standard InChI is InChI=1S/C16H20FNO3S/c17-15-8-4-3-7-14(15)16(19)18(12-5-1-2-6-12)13-9-10-22(20,21)11-13/h3-4,7-8,12-13H,1-2,5-6,9-11H2/t13-/m0/s1. The molecule has 1 aromatic rings. The van der Waals surface area contributed by atoms with Gasteiger partial charge in [-0.1, -0.05) is 25.0 Å². The number of amides is 1. The van der Waals surface area contributed by atoms with E-state index in [1.807, 2.05) is 0 Å². The molecule has 1 aromatic carbocycles. The first kappa shape index (κ1) is 15.5. The zero-order valence-electron chi connectivity index (χ0n) is 12.4. The fourth-order valence-electron chi connectivity index (χ4n) is 3.58. The second-order valence-electron chi connectivity index (χ2n) is 6.19. The molecular weight excluding hydrogens is 305 g/mol. The number of hydrogen-bond donors (Lipinski definition) is 0. The van der Waals surface area contributed by atoms with Crippen molar-refractivity contribution < 1.29 is 17.6 Å². The maximum atomic E-state index is 14.0. The lowest BCUT2D eigenvalue weighted by molar-refractivity contribution is 0.0596. The van der Waals surface area contributed by atoms with E-state index in [1.54, 1.807) is 17.0 Å². The normalized spacial score (nSPS) is 24.5. The van der Waals surface area contributed by atoms with Crippen LogP contribution in [0, 0.1) is 5.82 Å². The summed E-state index contributed by atoms with van der Waals surface area (Å²) >= 11 is 0. The number of halogens is 1. The van der Waals surface area contributed by atoms with Gasteiger partial charge in [-0.25, -0.2) is 12.8 Å². The molecule has 1 amide bonds. The van der Waals surface area contributed by atoms with Crippen LogP contribution < -0.4 is 0 Å². The zero-order chi connectivity index (χ0) is 15.7. The van der Waals surface area contributed by atoms with Gasteiger partial charge in [0.2, 0.25) is 0 Å². The molecule has 1 saturated heterocycles. The van der Waals surface area contributed by atoms with E-state index < -0.39 is 15.7 Å². The third-order valence-corrected chi connectivity index (χ3v) is 6.41. The first-order chi connectivity index (χ1) is 10.5. The minimum absolute atomic E-state index is 0.00366. The lowest BCUT2D eigenvalue weighted by atomic mass is 10.1. The molecular formula is C16H20FNO3S. The number of benzene rings is 1. The molecule has 120 valence electrons. The van der Waals surface area contributed by atoms with E-state index in [0.717, 1.165) is 25.7 Å². The first-order valence-corrected chi connectivity index (χ1v) is 9.58. The number of rotatable bonds is 3. The van der Waals surface area contributed by atoms with Crippen LogP contribution in [0.15, 0.2) is 24.3 Å². The Morgan fingerprint density at radius 1 is 1.09 bits per heavy atom. The Morgan fingerprint density at radius 3 is 2.36 bits per heavy atom. The Bertz CT molecular complexity index is 668.